The number of thioether (sulfide) groups is 1. The largest absolute Gasteiger partial charge is 0.456 e. The lowest BCUT2D eigenvalue weighted by molar-refractivity contribution is -0.147. The van der Waals surface area contributed by atoms with E-state index in [9.17, 15) is 9.59 Å². The van der Waals surface area contributed by atoms with E-state index < -0.39 is 0 Å². The molecule has 1 amide bonds. The van der Waals surface area contributed by atoms with Crippen molar-refractivity contribution in [3.63, 3.8) is 0 Å². The van der Waals surface area contributed by atoms with Crippen LogP contribution >= 0.6 is 23.1 Å². The summed E-state index contributed by atoms with van der Waals surface area (Å²) in [7, 11) is 0. The van der Waals surface area contributed by atoms with Crippen LogP contribution in [-0.4, -0.2) is 29.2 Å². The number of aromatic nitrogens is 1. The number of amides is 1. The minimum atomic E-state index is -0.360. The minimum absolute atomic E-state index is 0.266. The third-order valence-corrected chi connectivity index (χ3v) is 6.40. The first-order valence-electron chi connectivity index (χ1n) is 9.03. The first-order valence-corrected chi connectivity index (χ1v) is 10.8. The molecule has 0 unspecified atom stereocenters. The van der Waals surface area contributed by atoms with Gasteiger partial charge in [0.1, 0.15) is 0 Å². The van der Waals surface area contributed by atoms with Gasteiger partial charge in [-0.05, 0) is 43.5 Å². The van der Waals surface area contributed by atoms with Gasteiger partial charge in [-0.3, -0.25) is 9.59 Å². The number of ether oxygens (including phenoxy) is 1. The number of para-hydroxylation sites is 2. The first kappa shape index (κ1) is 20.4. The summed E-state index contributed by atoms with van der Waals surface area (Å²) in [6.07, 6.45) is 0.965. The van der Waals surface area contributed by atoms with E-state index in [1.165, 1.54) is 4.70 Å². The molecule has 0 aliphatic carbocycles. The molecule has 0 bridgehead atoms. The molecular formula is C21H22N2O3S2. The van der Waals surface area contributed by atoms with Crippen molar-refractivity contribution in [3.8, 4) is 0 Å². The topological polar surface area (TPSA) is 68.3 Å². The number of nitrogens with one attached hydrogen (secondary N) is 1. The average Bonchev–Trinajstić information content (AvgIpc) is 3.09. The van der Waals surface area contributed by atoms with Crippen LogP contribution in [0.15, 0.2) is 46.8 Å². The fourth-order valence-corrected chi connectivity index (χ4v) is 4.77. The zero-order valence-electron chi connectivity index (χ0n) is 15.9. The van der Waals surface area contributed by atoms with Crippen molar-refractivity contribution < 1.29 is 14.3 Å². The Bertz CT molecular complexity index is 931. The lowest BCUT2D eigenvalue weighted by Crippen LogP contribution is -2.21. The molecule has 3 rings (SSSR count). The van der Waals surface area contributed by atoms with Gasteiger partial charge in [-0.25, -0.2) is 4.98 Å². The van der Waals surface area contributed by atoms with E-state index in [-0.39, 0.29) is 24.9 Å². The lowest BCUT2D eigenvalue weighted by atomic mass is 10.1. The Balaban J connectivity index is 1.35. The highest BCUT2D eigenvalue weighted by molar-refractivity contribution is 8.01. The third kappa shape index (κ3) is 5.56. The monoisotopic (exact) mass is 414 g/mol. The smallest absolute Gasteiger partial charge is 0.306 e. The average molecular weight is 415 g/mol. The number of rotatable bonds is 8. The molecule has 146 valence electrons. The van der Waals surface area contributed by atoms with E-state index in [4.69, 9.17) is 4.74 Å². The number of fused-ring (bicyclic) bond motifs is 1. The van der Waals surface area contributed by atoms with Crippen LogP contribution in [-0.2, 0) is 14.3 Å². The minimum Gasteiger partial charge on any atom is -0.456 e. The number of carbonyl (C=O) groups excluding carboxylic acids is 2. The normalized spacial score (nSPS) is 10.8. The van der Waals surface area contributed by atoms with Gasteiger partial charge >= 0.3 is 5.97 Å². The first-order chi connectivity index (χ1) is 13.5. The molecule has 28 heavy (non-hydrogen) atoms. The van der Waals surface area contributed by atoms with E-state index in [0.29, 0.717) is 6.42 Å². The lowest BCUT2D eigenvalue weighted by Gasteiger charge is -2.11. The van der Waals surface area contributed by atoms with Crippen LogP contribution in [0.25, 0.3) is 10.2 Å². The molecule has 7 heteroatoms. The molecule has 0 spiro atoms. The number of anilines is 1. The van der Waals surface area contributed by atoms with E-state index >= 15 is 0 Å². The van der Waals surface area contributed by atoms with Gasteiger partial charge in [-0.15, -0.1) is 11.3 Å². The summed E-state index contributed by atoms with van der Waals surface area (Å²) >= 11 is 3.29. The summed E-state index contributed by atoms with van der Waals surface area (Å²) in [6.45, 7) is 3.59. The molecule has 0 aliphatic heterocycles. The Labute approximate surface area is 172 Å². The van der Waals surface area contributed by atoms with Crippen molar-refractivity contribution in [2.75, 3.05) is 17.7 Å². The van der Waals surface area contributed by atoms with Gasteiger partial charge in [0.25, 0.3) is 5.91 Å². The zero-order chi connectivity index (χ0) is 19.9. The van der Waals surface area contributed by atoms with Gasteiger partial charge in [-0.1, -0.05) is 42.1 Å². The maximum absolute atomic E-state index is 12.0. The maximum Gasteiger partial charge on any atom is 0.306 e. The van der Waals surface area contributed by atoms with Crippen molar-refractivity contribution in [1.82, 2.24) is 4.98 Å². The molecule has 0 fully saturated rings. The summed E-state index contributed by atoms with van der Waals surface area (Å²) in [4.78, 5) is 28.4. The summed E-state index contributed by atoms with van der Waals surface area (Å²) in [5.41, 5.74) is 3.73. The molecule has 2 aromatic carbocycles. The van der Waals surface area contributed by atoms with Crippen LogP contribution in [0.2, 0.25) is 0 Å². The molecule has 0 radical (unpaired) electrons. The van der Waals surface area contributed by atoms with Crippen molar-refractivity contribution in [1.29, 1.82) is 0 Å². The van der Waals surface area contributed by atoms with Crippen LogP contribution < -0.4 is 5.32 Å². The second kappa shape index (κ2) is 9.71. The van der Waals surface area contributed by atoms with Crippen molar-refractivity contribution in [2.24, 2.45) is 0 Å². The molecule has 1 heterocycles. The molecule has 0 atom stereocenters. The number of esters is 1. The SMILES string of the molecule is Cc1cccc(C)c1NC(=O)COC(=O)CCCSc1nc2ccccc2s1. The Morgan fingerprint density at radius 1 is 1.11 bits per heavy atom. The Morgan fingerprint density at radius 3 is 2.61 bits per heavy atom. The Morgan fingerprint density at radius 2 is 1.86 bits per heavy atom. The molecule has 1 N–H and O–H groups in total. The van der Waals surface area contributed by atoms with Crippen molar-refractivity contribution in [3.05, 3.63) is 53.6 Å². The maximum atomic E-state index is 12.0. The van der Waals surface area contributed by atoms with Crippen LogP contribution in [0.4, 0.5) is 5.69 Å². The van der Waals surface area contributed by atoms with Gasteiger partial charge in [0, 0.05) is 17.9 Å². The van der Waals surface area contributed by atoms with Gasteiger partial charge in [-0.2, -0.15) is 0 Å². The van der Waals surface area contributed by atoms with E-state index in [0.717, 1.165) is 32.4 Å². The molecular weight excluding hydrogens is 392 g/mol. The molecule has 1 aromatic heterocycles. The van der Waals surface area contributed by atoms with Crippen LogP contribution in [0.3, 0.4) is 0 Å². The van der Waals surface area contributed by atoms with E-state index in [1.807, 2.05) is 50.2 Å². The number of benzene rings is 2. The van der Waals surface area contributed by atoms with Gasteiger partial charge in [0.05, 0.1) is 10.2 Å². The number of nitrogens with zero attached hydrogens (tertiary/aromatic N) is 1. The van der Waals surface area contributed by atoms with Crippen molar-refractivity contribution in [2.45, 2.75) is 31.0 Å². The number of thiazole rings is 1. The summed E-state index contributed by atoms with van der Waals surface area (Å²) in [5.74, 6) is 0.0972. The van der Waals surface area contributed by atoms with Gasteiger partial charge < -0.3 is 10.1 Å². The molecule has 5 nitrogen and oxygen atoms in total. The van der Waals surface area contributed by atoms with Crippen LogP contribution in [0, 0.1) is 13.8 Å². The predicted molar refractivity (Wildman–Crippen MR) is 115 cm³/mol. The van der Waals surface area contributed by atoms with Crippen molar-refractivity contribution >= 4 is 50.9 Å². The predicted octanol–water partition coefficient (Wildman–Crippen LogP) is 4.97. The van der Waals surface area contributed by atoms with Gasteiger partial charge in [0.15, 0.2) is 10.9 Å². The van der Waals surface area contributed by atoms with Crippen LogP contribution in [0.1, 0.15) is 24.0 Å². The summed E-state index contributed by atoms with van der Waals surface area (Å²) in [6, 6.07) is 13.8. The fraction of sp³-hybridized carbons (Fsp3) is 0.286. The summed E-state index contributed by atoms with van der Waals surface area (Å²) < 4.78 is 7.25. The number of aryl methyl sites for hydroxylation is 2. The quantitative estimate of drug-likeness (QED) is 0.320. The number of hydrogen-bond acceptors (Lipinski definition) is 6. The Kier molecular flexibility index (Phi) is 7.06. The number of carbonyl (C=O) groups is 2. The highest BCUT2D eigenvalue weighted by atomic mass is 32.2. The summed E-state index contributed by atoms with van der Waals surface area (Å²) in [5, 5.41) is 2.81. The zero-order valence-corrected chi connectivity index (χ0v) is 17.5. The molecule has 0 saturated heterocycles. The van der Waals surface area contributed by atoms with E-state index in [2.05, 4.69) is 16.4 Å². The molecule has 0 aliphatic rings. The highest BCUT2D eigenvalue weighted by Gasteiger charge is 2.11. The highest BCUT2D eigenvalue weighted by Crippen LogP contribution is 2.29. The third-order valence-electron chi connectivity index (χ3n) is 4.13. The molecule has 3 aromatic rings. The van der Waals surface area contributed by atoms with Gasteiger partial charge in [0.2, 0.25) is 0 Å². The van der Waals surface area contributed by atoms with Crippen LogP contribution in [0.5, 0.6) is 0 Å². The second-order valence-corrected chi connectivity index (χ2v) is 8.75. The standard InChI is InChI=1S/C21H22N2O3S2/c1-14-7-5-8-15(2)20(14)23-18(24)13-26-19(25)11-6-12-27-21-22-16-9-3-4-10-17(16)28-21/h3-5,7-10H,6,11-13H2,1-2H3,(H,23,24). The second-order valence-electron chi connectivity index (χ2n) is 6.38. The fourth-order valence-electron chi connectivity index (χ4n) is 2.69. The molecule has 0 saturated carbocycles. The number of hydrogen-bond donors (Lipinski definition) is 1. The Hall–Kier alpha value is -2.38. The van der Waals surface area contributed by atoms with E-state index in [1.54, 1.807) is 23.1 Å².